The average Bonchev–Trinajstić information content (AvgIpc) is 2.73. The predicted octanol–water partition coefficient (Wildman–Crippen LogP) is 6.16. The Morgan fingerprint density at radius 3 is 2.47 bits per heavy atom. The second kappa shape index (κ2) is 8.57. The van der Waals surface area contributed by atoms with Gasteiger partial charge in [-0.1, -0.05) is 19.1 Å². The van der Waals surface area contributed by atoms with Crippen molar-refractivity contribution < 1.29 is 22.7 Å². The molecule has 0 aliphatic rings. The van der Waals surface area contributed by atoms with E-state index in [1.165, 1.54) is 25.3 Å². The summed E-state index contributed by atoms with van der Waals surface area (Å²) in [6.45, 7) is 3.47. The van der Waals surface area contributed by atoms with Crippen molar-refractivity contribution in [3.63, 3.8) is 0 Å². The first-order valence-corrected chi connectivity index (χ1v) is 9.36. The number of halogens is 3. The van der Waals surface area contributed by atoms with Crippen molar-refractivity contribution >= 4 is 17.3 Å². The standard InChI is InChI=1S/C23H21F3N2O2/c1-4-22(29)28(20-8-6-5-7-19(20)23(24,25)26)17-9-10-18(21(14-17)30-3)16-11-12-27-15(2)13-16/h5-14H,4H2,1-3H3. The third-order valence-electron chi connectivity index (χ3n) is 4.65. The number of carbonyl (C=O) groups is 1. The van der Waals surface area contributed by atoms with Crippen molar-refractivity contribution in [2.24, 2.45) is 0 Å². The van der Waals surface area contributed by atoms with Crippen LogP contribution in [0.3, 0.4) is 0 Å². The highest BCUT2D eigenvalue weighted by Gasteiger charge is 2.36. The van der Waals surface area contributed by atoms with Crippen LogP contribution in [0.5, 0.6) is 5.75 Å². The van der Waals surface area contributed by atoms with Crippen LogP contribution in [0, 0.1) is 6.92 Å². The Kier molecular flexibility index (Phi) is 6.10. The number of hydrogen-bond donors (Lipinski definition) is 0. The van der Waals surface area contributed by atoms with Crippen molar-refractivity contribution in [3.05, 3.63) is 72.1 Å². The molecule has 1 heterocycles. The lowest BCUT2D eigenvalue weighted by Crippen LogP contribution is -2.27. The highest BCUT2D eigenvalue weighted by Crippen LogP contribution is 2.41. The van der Waals surface area contributed by atoms with Crippen molar-refractivity contribution in [2.75, 3.05) is 12.0 Å². The summed E-state index contributed by atoms with van der Waals surface area (Å²) < 4.78 is 46.3. The molecular formula is C23H21F3N2O2. The van der Waals surface area contributed by atoms with Gasteiger partial charge >= 0.3 is 6.18 Å². The largest absolute Gasteiger partial charge is 0.496 e. The number of alkyl halides is 3. The second-order valence-corrected chi connectivity index (χ2v) is 6.67. The maximum Gasteiger partial charge on any atom is 0.418 e. The summed E-state index contributed by atoms with van der Waals surface area (Å²) in [6.07, 6.45) is -2.88. The number of rotatable bonds is 5. The minimum absolute atomic E-state index is 0.0415. The van der Waals surface area contributed by atoms with Crippen molar-refractivity contribution in [3.8, 4) is 16.9 Å². The van der Waals surface area contributed by atoms with Crippen LogP contribution in [-0.2, 0) is 11.0 Å². The molecule has 3 rings (SSSR count). The first-order chi connectivity index (χ1) is 14.3. The van der Waals surface area contributed by atoms with Crippen LogP contribution < -0.4 is 9.64 Å². The minimum atomic E-state index is -4.60. The van der Waals surface area contributed by atoms with Gasteiger partial charge in [-0.05, 0) is 48.9 Å². The number of ether oxygens (including phenoxy) is 1. The van der Waals surface area contributed by atoms with Gasteiger partial charge in [0.15, 0.2) is 0 Å². The summed E-state index contributed by atoms with van der Waals surface area (Å²) in [5.74, 6) is -0.0160. The number of carbonyl (C=O) groups excluding carboxylic acids is 1. The third kappa shape index (κ3) is 4.30. The van der Waals surface area contributed by atoms with E-state index in [4.69, 9.17) is 4.74 Å². The Balaban J connectivity index is 2.17. The van der Waals surface area contributed by atoms with E-state index in [2.05, 4.69) is 4.98 Å². The number of aromatic nitrogens is 1. The molecule has 0 saturated heterocycles. The fourth-order valence-electron chi connectivity index (χ4n) is 3.25. The molecule has 156 valence electrons. The fraction of sp³-hybridized carbons (Fsp3) is 0.217. The predicted molar refractivity (Wildman–Crippen MR) is 110 cm³/mol. The van der Waals surface area contributed by atoms with Gasteiger partial charge in [0.1, 0.15) is 5.75 Å². The maximum atomic E-state index is 13.6. The van der Waals surface area contributed by atoms with Crippen LogP contribution in [0.2, 0.25) is 0 Å². The van der Waals surface area contributed by atoms with Crippen LogP contribution in [0.4, 0.5) is 24.5 Å². The molecule has 0 fully saturated rings. The third-order valence-corrected chi connectivity index (χ3v) is 4.65. The van der Waals surface area contributed by atoms with Gasteiger partial charge in [0.05, 0.1) is 24.0 Å². The molecule has 2 aromatic carbocycles. The molecule has 3 aromatic rings. The van der Waals surface area contributed by atoms with E-state index in [1.54, 1.807) is 31.3 Å². The molecule has 1 aromatic heterocycles. The first-order valence-electron chi connectivity index (χ1n) is 9.36. The fourth-order valence-corrected chi connectivity index (χ4v) is 3.25. The summed E-state index contributed by atoms with van der Waals surface area (Å²) in [6, 6.07) is 13.7. The number of aryl methyl sites for hydroxylation is 1. The number of nitrogens with zero attached hydrogens (tertiary/aromatic N) is 2. The molecule has 30 heavy (non-hydrogen) atoms. The zero-order chi connectivity index (χ0) is 21.9. The van der Waals surface area contributed by atoms with E-state index in [9.17, 15) is 18.0 Å². The van der Waals surface area contributed by atoms with E-state index in [1.807, 2.05) is 19.1 Å². The topological polar surface area (TPSA) is 42.4 Å². The van der Waals surface area contributed by atoms with Gasteiger partial charge < -0.3 is 4.74 Å². The monoisotopic (exact) mass is 414 g/mol. The summed E-state index contributed by atoms with van der Waals surface area (Å²) in [4.78, 5) is 18.0. The molecule has 1 amide bonds. The number of amides is 1. The molecule has 0 aliphatic carbocycles. The van der Waals surface area contributed by atoms with Crippen LogP contribution in [-0.4, -0.2) is 18.0 Å². The highest BCUT2D eigenvalue weighted by molar-refractivity contribution is 6.01. The molecule has 0 radical (unpaired) electrons. The van der Waals surface area contributed by atoms with E-state index < -0.39 is 17.6 Å². The second-order valence-electron chi connectivity index (χ2n) is 6.67. The van der Waals surface area contributed by atoms with Gasteiger partial charge in [-0.2, -0.15) is 13.2 Å². The number of anilines is 2. The number of benzene rings is 2. The van der Waals surface area contributed by atoms with Crippen molar-refractivity contribution in [2.45, 2.75) is 26.4 Å². The molecule has 0 unspecified atom stereocenters. The smallest absolute Gasteiger partial charge is 0.418 e. The van der Waals surface area contributed by atoms with Crippen molar-refractivity contribution in [1.29, 1.82) is 0 Å². The molecular weight excluding hydrogens is 393 g/mol. The number of methoxy groups -OCH3 is 1. The summed E-state index contributed by atoms with van der Waals surface area (Å²) >= 11 is 0. The normalized spacial score (nSPS) is 11.3. The first kappa shape index (κ1) is 21.4. The van der Waals surface area contributed by atoms with Gasteiger partial charge in [-0.3, -0.25) is 14.7 Å². The molecule has 0 atom stereocenters. The van der Waals surface area contributed by atoms with E-state index in [-0.39, 0.29) is 12.1 Å². The number of hydrogen-bond acceptors (Lipinski definition) is 3. The minimum Gasteiger partial charge on any atom is -0.496 e. The average molecular weight is 414 g/mol. The molecule has 4 nitrogen and oxygen atoms in total. The molecule has 0 bridgehead atoms. The Hall–Kier alpha value is -3.35. The maximum absolute atomic E-state index is 13.6. The molecule has 0 saturated carbocycles. The molecule has 0 spiro atoms. The number of para-hydroxylation sites is 1. The molecule has 0 aliphatic heterocycles. The summed E-state index contributed by atoms with van der Waals surface area (Å²) in [5, 5.41) is 0. The molecule has 7 heteroatoms. The summed E-state index contributed by atoms with van der Waals surface area (Å²) in [5.41, 5.74) is 1.63. The zero-order valence-corrected chi connectivity index (χ0v) is 16.8. The Labute approximate surface area is 172 Å². The lowest BCUT2D eigenvalue weighted by atomic mass is 10.0. The van der Waals surface area contributed by atoms with E-state index in [0.717, 1.165) is 27.8 Å². The highest BCUT2D eigenvalue weighted by atomic mass is 19.4. The Morgan fingerprint density at radius 2 is 1.83 bits per heavy atom. The zero-order valence-electron chi connectivity index (χ0n) is 16.8. The van der Waals surface area contributed by atoms with Gasteiger partial charge in [0.2, 0.25) is 5.91 Å². The van der Waals surface area contributed by atoms with Crippen molar-refractivity contribution in [1.82, 2.24) is 4.98 Å². The SMILES string of the molecule is CCC(=O)N(c1ccc(-c2ccnc(C)c2)c(OC)c1)c1ccccc1C(F)(F)F. The van der Waals surface area contributed by atoms with Crippen LogP contribution in [0.25, 0.3) is 11.1 Å². The van der Waals surface area contributed by atoms with Gasteiger partial charge in [-0.15, -0.1) is 0 Å². The van der Waals surface area contributed by atoms with Gasteiger partial charge in [0, 0.05) is 29.9 Å². The summed E-state index contributed by atoms with van der Waals surface area (Å²) in [7, 11) is 1.48. The lowest BCUT2D eigenvalue weighted by Gasteiger charge is -2.26. The van der Waals surface area contributed by atoms with Crippen LogP contribution in [0.15, 0.2) is 60.8 Å². The quantitative estimate of drug-likeness (QED) is 0.502. The molecule has 0 N–H and O–H groups in total. The van der Waals surface area contributed by atoms with Crippen LogP contribution in [0.1, 0.15) is 24.6 Å². The van der Waals surface area contributed by atoms with E-state index >= 15 is 0 Å². The number of pyridine rings is 1. The van der Waals surface area contributed by atoms with E-state index in [0.29, 0.717) is 11.4 Å². The Morgan fingerprint density at radius 1 is 1.10 bits per heavy atom. The lowest BCUT2D eigenvalue weighted by molar-refractivity contribution is -0.137. The van der Waals surface area contributed by atoms with Gasteiger partial charge in [0.25, 0.3) is 0 Å². The Bertz CT molecular complexity index is 1060. The van der Waals surface area contributed by atoms with Gasteiger partial charge in [-0.25, -0.2) is 0 Å². The van der Waals surface area contributed by atoms with Crippen LogP contribution >= 0.6 is 0 Å².